The van der Waals surface area contributed by atoms with Crippen LogP contribution in [0, 0.1) is 5.92 Å². The Morgan fingerprint density at radius 1 is 1.06 bits per heavy atom. The third kappa shape index (κ3) is 3.31. The largest absolute Gasteiger partial charge is 0.479 e. The minimum atomic E-state index is -1.16. The second-order valence-corrected chi connectivity index (χ2v) is 9.34. The van der Waals surface area contributed by atoms with Gasteiger partial charge in [0.2, 0.25) is 5.76 Å². The van der Waals surface area contributed by atoms with Gasteiger partial charge >= 0.3 is 12.1 Å². The molecule has 3 aromatic rings. The zero-order valence-electron chi connectivity index (χ0n) is 18.9. The number of carbonyl (C=O) groups is 3. The van der Waals surface area contributed by atoms with Gasteiger partial charge in [0, 0.05) is 18.5 Å². The predicted octanol–water partition coefficient (Wildman–Crippen LogP) is 4.72. The molecule has 3 aliphatic rings. The van der Waals surface area contributed by atoms with Crippen LogP contribution < -0.4 is 5.32 Å². The Kier molecular flexibility index (Phi) is 4.91. The number of anilines is 1. The SMILES string of the molecule is O=C(Nc1ccoc1C(=O)N1CCC[C@@H]2C[C@@]21C(=O)O)OCC1c2ccccc2-c2ccccc21. The van der Waals surface area contributed by atoms with Gasteiger partial charge in [-0.25, -0.2) is 9.59 Å². The summed E-state index contributed by atoms with van der Waals surface area (Å²) in [4.78, 5) is 39.2. The minimum absolute atomic E-state index is 0.0359. The van der Waals surface area contributed by atoms with Crippen LogP contribution in [0.4, 0.5) is 10.5 Å². The van der Waals surface area contributed by atoms with Crippen molar-refractivity contribution in [3.8, 4) is 11.1 Å². The number of fused-ring (bicyclic) bond motifs is 4. The molecule has 0 unspecified atom stereocenters. The summed E-state index contributed by atoms with van der Waals surface area (Å²) in [6.07, 6.45) is 2.57. The van der Waals surface area contributed by atoms with Crippen LogP contribution in [-0.4, -0.2) is 46.7 Å². The summed E-state index contributed by atoms with van der Waals surface area (Å²) in [7, 11) is 0. The Balaban J connectivity index is 1.16. The topological polar surface area (TPSA) is 109 Å². The number of benzene rings is 2. The zero-order chi connectivity index (χ0) is 24.2. The molecule has 0 spiro atoms. The van der Waals surface area contributed by atoms with E-state index in [9.17, 15) is 19.5 Å². The number of nitrogens with one attached hydrogen (secondary N) is 1. The monoisotopic (exact) mass is 472 g/mol. The molecule has 2 heterocycles. The van der Waals surface area contributed by atoms with Crippen molar-refractivity contribution in [2.24, 2.45) is 5.92 Å². The highest BCUT2D eigenvalue weighted by molar-refractivity contribution is 6.03. The summed E-state index contributed by atoms with van der Waals surface area (Å²) in [5.74, 6) is -1.74. The van der Waals surface area contributed by atoms with E-state index >= 15 is 0 Å². The molecule has 2 N–H and O–H groups in total. The van der Waals surface area contributed by atoms with E-state index < -0.39 is 23.5 Å². The maximum atomic E-state index is 13.2. The van der Waals surface area contributed by atoms with Crippen LogP contribution in [0.15, 0.2) is 65.3 Å². The number of likely N-dealkylation sites (tertiary alicyclic amines) is 1. The number of amides is 2. The van der Waals surface area contributed by atoms with E-state index in [0.29, 0.717) is 13.0 Å². The minimum Gasteiger partial charge on any atom is -0.479 e. The van der Waals surface area contributed by atoms with Crippen molar-refractivity contribution in [3.63, 3.8) is 0 Å². The highest BCUT2D eigenvalue weighted by Crippen LogP contribution is 2.55. The quantitative estimate of drug-likeness (QED) is 0.556. The molecule has 2 aromatic carbocycles. The summed E-state index contributed by atoms with van der Waals surface area (Å²) in [5, 5.41) is 12.4. The molecule has 1 saturated heterocycles. The summed E-state index contributed by atoms with van der Waals surface area (Å²) in [6, 6.07) is 17.6. The summed E-state index contributed by atoms with van der Waals surface area (Å²) in [6.45, 7) is 0.476. The highest BCUT2D eigenvalue weighted by Gasteiger charge is 2.67. The van der Waals surface area contributed by atoms with Crippen LogP contribution in [-0.2, 0) is 9.53 Å². The number of furan rings is 1. The fourth-order valence-electron chi connectivity index (χ4n) is 5.78. The van der Waals surface area contributed by atoms with E-state index in [0.717, 1.165) is 35.1 Å². The van der Waals surface area contributed by atoms with Crippen molar-refractivity contribution in [2.75, 3.05) is 18.5 Å². The molecule has 35 heavy (non-hydrogen) atoms. The molecule has 1 saturated carbocycles. The Hall–Kier alpha value is -4.07. The van der Waals surface area contributed by atoms with Gasteiger partial charge in [-0.2, -0.15) is 0 Å². The number of carboxylic acid groups (broad SMARTS) is 1. The molecule has 2 aliphatic carbocycles. The molecule has 0 radical (unpaired) electrons. The van der Waals surface area contributed by atoms with E-state index in [1.54, 1.807) is 0 Å². The van der Waals surface area contributed by atoms with Crippen LogP contribution in [0.25, 0.3) is 11.1 Å². The number of carbonyl (C=O) groups excluding carboxylic acids is 2. The molecule has 2 atom stereocenters. The second-order valence-electron chi connectivity index (χ2n) is 9.34. The fraction of sp³-hybridized carbons (Fsp3) is 0.296. The van der Waals surface area contributed by atoms with Crippen molar-refractivity contribution < 1.29 is 28.6 Å². The van der Waals surface area contributed by atoms with Gasteiger partial charge in [0.05, 0.1) is 12.0 Å². The third-order valence-corrected chi connectivity index (χ3v) is 7.54. The third-order valence-electron chi connectivity index (χ3n) is 7.54. The molecule has 2 amide bonds. The lowest BCUT2D eigenvalue weighted by molar-refractivity contribution is -0.145. The molecule has 0 bridgehead atoms. The maximum absolute atomic E-state index is 13.2. The second kappa shape index (κ2) is 8.01. The fourth-order valence-corrected chi connectivity index (χ4v) is 5.78. The van der Waals surface area contributed by atoms with Crippen molar-refractivity contribution in [3.05, 3.63) is 77.7 Å². The van der Waals surface area contributed by atoms with E-state index in [2.05, 4.69) is 17.4 Å². The lowest BCUT2D eigenvalue weighted by Gasteiger charge is -2.33. The molecule has 1 aliphatic heterocycles. The van der Waals surface area contributed by atoms with Crippen LogP contribution in [0.3, 0.4) is 0 Å². The van der Waals surface area contributed by atoms with Crippen LogP contribution in [0.2, 0.25) is 0 Å². The number of carboxylic acids is 1. The van der Waals surface area contributed by atoms with Gasteiger partial charge in [0.25, 0.3) is 5.91 Å². The maximum Gasteiger partial charge on any atom is 0.411 e. The summed E-state index contributed by atoms with van der Waals surface area (Å²) >= 11 is 0. The highest BCUT2D eigenvalue weighted by atomic mass is 16.5. The van der Waals surface area contributed by atoms with Gasteiger partial charge in [0.1, 0.15) is 12.1 Å². The number of hydrogen-bond acceptors (Lipinski definition) is 5. The average molecular weight is 472 g/mol. The molecular formula is C27H24N2O6. The number of hydrogen-bond donors (Lipinski definition) is 2. The van der Waals surface area contributed by atoms with E-state index in [4.69, 9.17) is 9.15 Å². The smallest absolute Gasteiger partial charge is 0.411 e. The van der Waals surface area contributed by atoms with E-state index in [1.165, 1.54) is 17.2 Å². The van der Waals surface area contributed by atoms with Gasteiger partial charge in [0.15, 0.2) is 0 Å². The van der Waals surface area contributed by atoms with Gasteiger partial charge < -0.3 is 19.2 Å². The lowest BCUT2D eigenvalue weighted by atomic mass is 9.98. The van der Waals surface area contributed by atoms with Gasteiger partial charge in [-0.15, -0.1) is 0 Å². The predicted molar refractivity (Wildman–Crippen MR) is 126 cm³/mol. The molecule has 2 fully saturated rings. The Morgan fingerprint density at radius 2 is 1.74 bits per heavy atom. The lowest BCUT2D eigenvalue weighted by Crippen LogP contribution is -2.51. The van der Waals surface area contributed by atoms with Crippen molar-refractivity contribution in [1.82, 2.24) is 4.90 Å². The molecule has 178 valence electrons. The van der Waals surface area contributed by atoms with Crippen molar-refractivity contribution >= 4 is 23.7 Å². The van der Waals surface area contributed by atoms with Crippen molar-refractivity contribution in [2.45, 2.75) is 30.7 Å². The molecule has 1 aromatic heterocycles. The molecule has 8 nitrogen and oxygen atoms in total. The number of piperidine rings is 1. The number of ether oxygens (including phenoxy) is 1. The molecular weight excluding hydrogens is 448 g/mol. The first-order chi connectivity index (χ1) is 17.0. The Labute approximate surface area is 201 Å². The molecule has 6 rings (SSSR count). The number of nitrogens with zero attached hydrogens (tertiary/aromatic N) is 1. The summed E-state index contributed by atoms with van der Waals surface area (Å²) in [5.41, 5.74) is 3.46. The number of aliphatic carboxylic acids is 1. The van der Waals surface area contributed by atoms with Crippen molar-refractivity contribution in [1.29, 1.82) is 0 Å². The standard InChI is InChI=1S/C27H24N2O6/c30-24(29-12-5-6-16-14-27(16,29)25(31)32)23-22(11-13-34-23)28-26(33)35-15-21-19-9-3-1-7-17(19)18-8-2-4-10-20(18)21/h1-4,7-11,13,16,21H,5-6,12,14-15H2,(H,28,33)(H,31,32)/t16-,27+/m1/s1. The summed E-state index contributed by atoms with van der Waals surface area (Å²) < 4.78 is 11.0. The van der Waals surface area contributed by atoms with Gasteiger partial charge in [-0.05, 0) is 47.4 Å². The first-order valence-corrected chi connectivity index (χ1v) is 11.8. The Bertz CT molecular complexity index is 1300. The van der Waals surface area contributed by atoms with Gasteiger partial charge in [-0.1, -0.05) is 48.5 Å². The van der Waals surface area contributed by atoms with E-state index in [1.807, 2.05) is 36.4 Å². The van der Waals surface area contributed by atoms with Crippen LogP contribution in [0.5, 0.6) is 0 Å². The number of rotatable bonds is 5. The van der Waals surface area contributed by atoms with Gasteiger partial charge in [-0.3, -0.25) is 10.1 Å². The first kappa shape index (κ1) is 21.5. The molecule has 8 heteroatoms. The van der Waals surface area contributed by atoms with Crippen LogP contribution >= 0.6 is 0 Å². The normalized spacial score (nSPS) is 22.1. The van der Waals surface area contributed by atoms with Crippen LogP contribution in [0.1, 0.15) is 46.9 Å². The Morgan fingerprint density at radius 3 is 2.43 bits per heavy atom. The average Bonchev–Trinajstić information content (AvgIpc) is 3.34. The zero-order valence-corrected chi connectivity index (χ0v) is 18.9. The van der Waals surface area contributed by atoms with E-state index in [-0.39, 0.29) is 29.9 Å². The first-order valence-electron chi connectivity index (χ1n) is 11.8.